The number of pyridine rings is 1. The molecule has 0 aliphatic rings. The van der Waals surface area contributed by atoms with Gasteiger partial charge in [0.05, 0.1) is 4.90 Å². The molecule has 28 heavy (non-hydrogen) atoms. The van der Waals surface area contributed by atoms with Gasteiger partial charge in [0.2, 0.25) is 5.88 Å². The zero-order valence-corrected chi connectivity index (χ0v) is 15.8. The second-order valence-electron chi connectivity index (χ2n) is 6.18. The first-order valence-corrected chi connectivity index (χ1v) is 9.95. The topological polar surface area (TPSA) is 74.1 Å². The second-order valence-corrected chi connectivity index (χ2v) is 8.19. The summed E-state index contributed by atoms with van der Waals surface area (Å²) >= 11 is 0. The molecule has 0 amide bonds. The quantitative estimate of drug-likeness (QED) is 0.642. The molecule has 0 saturated heterocycles. The van der Waals surface area contributed by atoms with Crippen molar-refractivity contribution >= 4 is 9.84 Å². The van der Waals surface area contributed by atoms with Gasteiger partial charge in [-0.25, -0.2) is 13.4 Å². The Morgan fingerprint density at radius 1 is 1.11 bits per heavy atom. The fraction of sp³-hybridized carbons (Fsp3) is 0.222. The maximum Gasteiger partial charge on any atom is 0.435 e. The number of rotatable bonds is 5. The summed E-state index contributed by atoms with van der Waals surface area (Å²) in [5.41, 5.74) is 0.677. The van der Waals surface area contributed by atoms with Gasteiger partial charge in [-0.15, -0.1) is 0 Å². The van der Waals surface area contributed by atoms with Crippen LogP contribution in [-0.4, -0.2) is 29.4 Å². The number of nitrogens with zero attached hydrogens (tertiary/aromatic N) is 3. The van der Waals surface area contributed by atoms with Gasteiger partial charge in [0.25, 0.3) is 0 Å². The number of aromatic nitrogens is 3. The van der Waals surface area contributed by atoms with Gasteiger partial charge in [-0.2, -0.15) is 23.0 Å². The predicted octanol–water partition coefficient (Wildman–Crippen LogP) is 3.58. The molecule has 6 nitrogen and oxygen atoms in total. The Hall–Kier alpha value is -2.88. The van der Waals surface area contributed by atoms with Crippen LogP contribution >= 0.6 is 0 Å². The molecule has 0 unspecified atom stereocenters. The average molecular weight is 411 g/mol. The van der Waals surface area contributed by atoms with Gasteiger partial charge in [0.1, 0.15) is 6.61 Å². The van der Waals surface area contributed by atoms with E-state index < -0.39 is 21.7 Å². The minimum absolute atomic E-state index is 0.00167. The first kappa shape index (κ1) is 19.9. The standard InChI is InChI=1S/C18H16F3N3O3S/c1-12-3-5-13(6-4-12)11-27-17-9-15(18(19,20)21)23-24(17)16-8-7-14(10-22-16)28(2,25)26/h3-10H,11H2,1-2H3. The molecule has 0 bridgehead atoms. The third-order valence-electron chi connectivity index (χ3n) is 3.84. The third kappa shape index (κ3) is 4.50. The molecule has 3 rings (SSSR count). The lowest BCUT2D eigenvalue weighted by molar-refractivity contribution is -0.141. The molecule has 0 spiro atoms. The van der Waals surface area contributed by atoms with Gasteiger partial charge in [-0.3, -0.25) is 0 Å². The highest BCUT2D eigenvalue weighted by Crippen LogP contribution is 2.32. The molecule has 0 aliphatic heterocycles. The van der Waals surface area contributed by atoms with Crippen molar-refractivity contribution in [3.05, 3.63) is 65.5 Å². The molecule has 1 aromatic carbocycles. The summed E-state index contributed by atoms with van der Waals surface area (Å²) in [5, 5.41) is 3.52. The van der Waals surface area contributed by atoms with E-state index in [-0.39, 0.29) is 23.2 Å². The Morgan fingerprint density at radius 2 is 1.79 bits per heavy atom. The summed E-state index contributed by atoms with van der Waals surface area (Å²) in [6, 6.07) is 10.6. The van der Waals surface area contributed by atoms with Crippen LogP contribution in [0.2, 0.25) is 0 Å². The summed E-state index contributed by atoms with van der Waals surface area (Å²) in [4.78, 5) is 3.86. The lowest BCUT2D eigenvalue weighted by Crippen LogP contribution is -2.09. The highest BCUT2D eigenvalue weighted by molar-refractivity contribution is 7.90. The highest BCUT2D eigenvalue weighted by atomic mass is 32.2. The molecule has 0 fully saturated rings. The van der Waals surface area contributed by atoms with Gasteiger partial charge in [-0.1, -0.05) is 29.8 Å². The van der Waals surface area contributed by atoms with Gasteiger partial charge >= 0.3 is 6.18 Å². The number of alkyl halides is 3. The van der Waals surface area contributed by atoms with Crippen molar-refractivity contribution in [1.82, 2.24) is 14.8 Å². The number of halogens is 3. The molecule has 0 N–H and O–H groups in total. The molecule has 2 heterocycles. The molecule has 148 valence electrons. The van der Waals surface area contributed by atoms with E-state index in [2.05, 4.69) is 10.1 Å². The van der Waals surface area contributed by atoms with Crippen molar-refractivity contribution < 1.29 is 26.3 Å². The highest BCUT2D eigenvalue weighted by Gasteiger charge is 2.35. The molecular formula is C18H16F3N3O3S. The summed E-state index contributed by atoms with van der Waals surface area (Å²) in [6.07, 6.45) is -2.60. The smallest absolute Gasteiger partial charge is 0.435 e. The number of hydrogen-bond donors (Lipinski definition) is 0. The van der Waals surface area contributed by atoms with E-state index in [9.17, 15) is 21.6 Å². The SMILES string of the molecule is Cc1ccc(COc2cc(C(F)(F)F)nn2-c2ccc(S(C)(=O)=O)cn2)cc1. The van der Waals surface area contributed by atoms with Crippen molar-refractivity contribution in [2.45, 2.75) is 24.6 Å². The first-order chi connectivity index (χ1) is 13.0. The number of aryl methyl sites for hydroxylation is 1. The second kappa shape index (κ2) is 7.27. The van der Waals surface area contributed by atoms with Gasteiger partial charge in [0.15, 0.2) is 21.3 Å². The summed E-state index contributed by atoms with van der Waals surface area (Å²) in [7, 11) is -3.48. The van der Waals surface area contributed by atoms with Gasteiger partial charge in [0, 0.05) is 18.5 Å². The molecular weight excluding hydrogens is 395 g/mol. The Bertz CT molecular complexity index is 1070. The Balaban J connectivity index is 1.94. The molecule has 10 heteroatoms. The fourth-order valence-electron chi connectivity index (χ4n) is 2.33. The predicted molar refractivity (Wildman–Crippen MR) is 95.0 cm³/mol. The molecule has 0 saturated carbocycles. The van der Waals surface area contributed by atoms with Crippen molar-refractivity contribution in [3.63, 3.8) is 0 Å². The van der Waals surface area contributed by atoms with Crippen LogP contribution in [0, 0.1) is 6.92 Å². The zero-order valence-electron chi connectivity index (χ0n) is 14.9. The number of benzene rings is 1. The van der Waals surface area contributed by atoms with Gasteiger partial charge in [-0.05, 0) is 24.6 Å². The van der Waals surface area contributed by atoms with Gasteiger partial charge < -0.3 is 4.74 Å². The Morgan fingerprint density at radius 3 is 2.32 bits per heavy atom. The number of ether oxygens (including phenoxy) is 1. The Kier molecular flexibility index (Phi) is 5.16. The minimum atomic E-state index is -4.67. The lowest BCUT2D eigenvalue weighted by atomic mass is 10.2. The summed E-state index contributed by atoms with van der Waals surface area (Å²) in [5.74, 6) is -0.158. The normalized spacial score (nSPS) is 12.2. The summed E-state index contributed by atoms with van der Waals surface area (Å²) < 4.78 is 68.8. The van der Waals surface area contributed by atoms with Crippen LogP contribution in [0.1, 0.15) is 16.8 Å². The van der Waals surface area contributed by atoms with E-state index in [4.69, 9.17) is 4.74 Å². The number of sulfone groups is 1. The van der Waals surface area contributed by atoms with Crippen LogP contribution in [0.25, 0.3) is 5.82 Å². The van der Waals surface area contributed by atoms with E-state index in [0.717, 1.165) is 34.3 Å². The molecule has 2 aromatic heterocycles. The molecule has 3 aromatic rings. The van der Waals surface area contributed by atoms with Crippen LogP contribution in [-0.2, 0) is 22.6 Å². The number of hydrogen-bond acceptors (Lipinski definition) is 5. The van der Waals surface area contributed by atoms with Crippen molar-refractivity contribution in [3.8, 4) is 11.7 Å². The molecule has 0 atom stereocenters. The van der Waals surface area contributed by atoms with Crippen molar-refractivity contribution in [2.75, 3.05) is 6.26 Å². The van der Waals surface area contributed by atoms with Crippen LogP contribution in [0.15, 0.2) is 53.6 Å². The largest absolute Gasteiger partial charge is 0.473 e. The minimum Gasteiger partial charge on any atom is -0.473 e. The monoisotopic (exact) mass is 411 g/mol. The van der Waals surface area contributed by atoms with E-state index in [0.29, 0.717) is 0 Å². The maximum absolute atomic E-state index is 13.1. The average Bonchev–Trinajstić information content (AvgIpc) is 3.05. The van der Waals surface area contributed by atoms with Crippen LogP contribution in [0.4, 0.5) is 13.2 Å². The third-order valence-corrected chi connectivity index (χ3v) is 4.94. The molecule has 0 radical (unpaired) electrons. The van der Waals surface area contributed by atoms with Crippen LogP contribution in [0.3, 0.4) is 0 Å². The fourth-order valence-corrected chi connectivity index (χ4v) is 2.89. The molecule has 0 aliphatic carbocycles. The van der Waals surface area contributed by atoms with Crippen molar-refractivity contribution in [2.24, 2.45) is 0 Å². The van der Waals surface area contributed by atoms with E-state index in [1.807, 2.05) is 19.1 Å². The van der Waals surface area contributed by atoms with E-state index in [1.165, 1.54) is 12.1 Å². The van der Waals surface area contributed by atoms with E-state index in [1.54, 1.807) is 12.1 Å². The Labute approximate surface area is 159 Å². The van der Waals surface area contributed by atoms with Crippen LogP contribution < -0.4 is 4.74 Å². The maximum atomic E-state index is 13.1. The zero-order chi connectivity index (χ0) is 20.5. The lowest BCUT2D eigenvalue weighted by Gasteiger charge is -2.09. The van der Waals surface area contributed by atoms with E-state index >= 15 is 0 Å². The summed E-state index contributed by atoms with van der Waals surface area (Å²) in [6.45, 7) is 1.95. The van der Waals surface area contributed by atoms with Crippen LogP contribution in [0.5, 0.6) is 5.88 Å². The first-order valence-electron chi connectivity index (χ1n) is 8.06. The van der Waals surface area contributed by atoms with Crippen molar-refractivity contribution in [1.29, 1.82) is 0 Å².